The molecule has 8 nitrogen and oxygen atoms in total. The molecule has 0 aliphatic rings. The number of tetrazole rings is 1. The molecule has 2 N–H and O–H groups in total. The monoisotopic (exact) mass is 479 g/mol. The van der Waals surface area contributed by atoms with Gasteiger partial charge in [-0.25, -0.2) is 9.07 Å². The minimum absolute atomic E-state index is 0.0426. The number of rotatable bonds is 6. The minimum Gasteiger partial charge on any atom is -0.383 e. The molecule has 2 aromatic carbocycles. The van der Waals surface area contributed by atoms with Crippen molar-refractivity contribution in [3.8, 4) is 6.07 Å². The number of hydrogen-bond acceptors (Lipinski definition) is 7. The topological polar surface area (TPSA) is 104 Å². The van der Waals surface area contributed by atoms with Crippen molar-refractivity contribution in [2.24, 2.45) is 12.5 Å². The highest BCUT2D eigenvalue weighted by molar-refractivity contribution is 6.35. The minimum atomic E-state index is -1.68. The fraction of sp³-hybridized carbons (Fsp3) is 0.292. The summed E-state index contributed by atoms with van der Waals surface area (Å²) in [6, 6.07) is 9.47. The second kappa shape index (κ2) is 9.23. The van der Waals surface area contributed by atoms with Crippen molar-refractivity contribution in [2.75, 3.05) is 17.2 Å². The summed E-state index contributed by atoms with van der Waals surface area (Å²) in [5.41, 5.74) is 2.35. The number of hydrogen-bond donors (Lipinski definition) is 2. The first-order chi connectivity index (χ1) is 16.5. The van der Waals surface area contributed by atoms with E-state index in [1.54, 1.807) is 19.2 Å². The van der Waals surface area contributed by atoms with Gasteiger partial charge in [0.25, 0.3) is 0 Å². The van der Waals surface area contributed by atoms with Gasteiger partial charge < -0.3 is 10.6 Å². The number of halogens is 2. The highest BCUT2D eigenvalue weighted by Gasteiger charge is 2.22. The quantitative estimate of drug-likeness (QED) is 0.397. The summed E-state index contributed by atoms with van der Waals surface area (Å²) >= 11 is 6.60. The van der Waals surface area contributed by atoms with E-state index in [0.29, 0.717) is 45.0 Å². The average Bonchev–Trinajstić information content (AvgIpc) is 3.23. The highest BCUT2D eigenvalue weighted by Crippen LogP contribution is 2.35. The van der Waals surface area contributed by atoms with E-state index >= 15 is 0 Å². The molecule has 0 amide bonds. The Morgan fingerprint density at radius 1 is 1.26 bits per heavy atom. The third-order valence-corrected chi connectivity index (χ3v) is 5.37. The van der Waals surface area contributed by atoms with Crippen LogP contribution >= 0.6 is 11.6 Å². The molecule has 0 fully saturated rings. The van der Waals surface area contributed by atoms with E-state index in [2.05, 4.69) is 58.0 Å². The Hall–Kier alpha value is -3.77. The largest absolute Gasteiger partial charge is 0.383 e. The van der Waals surface area contributed by atoms with Crippen LogP contribution in [0.2, 0.25) is 5.02 Å². The summed E-state index contributed by atoms with van der Waals surface area (Å²) < 4.78 is 24.3. The van der Waals surface area contributed by atoms with Gasteiger partial charge in [0.15, 0.2) is 5.82 Å². The Morgan fingerprint density at radius 3 is 2.62 bits per heavy atom. The number of aryl methyl sites for hydroxylation is 1. The van der Waals surface area contributed by atoms with Crippen LogP contribution in [0.5, 0.6) is 0 Å². The van der Waals surface area contributed by atoms with Crippen LogP contribution in [-0.2, 0) is 7.05 Å². The Bertz CT molecular complexity index is 1420. The van der Waals surface area contributed by atoms with Crippen molar-refractivity contribution >= 4 is 33.9 Å². The number of anilines is 2. The molecule has 34 heavy (non-hydrogen) atoms. The van der Waals surface area contributed by atoms with Crippen LogP contribution in [0.3, 0.4) is 0 Å². The number of nitrogens with one attached hydrogen (secondary N) is 2. The van der Waals surface area contributed by atoms with Gasteiger partial charge in [-0.2, -0.15) is 5.26 Å². The smallest absolute Gasteiger partial charge is 0.177 e. The zero-order chi connectivity index (χ0) is 25.4. The molecule has 0 bridgehead atoms. The molecule has 0 radical (unpaired) electrons. The number of benzene rings is 2. The van der Waals surface area contributed by atoms with Crippen LogP contribution < -0.4 is 10.6 Å². The van der Waals surface area contributed by atoms with Crippen molar-refractivity contribution in [3.05, 3.63) is 70.4 Å². The van der Waals surface area contributed by atoms with Crippen LogP contribution in [0.25, 0.3) is 10.9 Å². The van der Waals surface area contributed by atoms with E-state index in [9.17, 15) is 11.0 Å². The maximum atomic E-state index is 13.6. The fourth-order valence-electron chi connectivity index (χ4n) is 3.42. The Kier molecular flexibility index (Phi) is 5.99. The molecule has 1 atom stereocenters. The third kappa shape index (κ3) is 4.92. The molecule has 2 heterocycles. The summed E-state index contributed by atoms with van der Waals surface area (Å²) in [6.45, 7) is 6.86. The number of fused-ring (bicyclic) bond motifs is 1. The lowest BCUT2D eigenvalue weighted by molar-refractivity contribution is 0.443. The summed E-state index contributed by atoms with van der Waals surface area (Å²) in [7, 11) is 1.62. The summed E-state index contributed by atoms with van der Waals surface area (Å²) in [6.07, 6.45) is 1.49. The molecule has 174 valence electrons. The third-order valence-electron chi connectivity index (χ3n) is 5.09. The molecule has 0 spiro atoms. The highest BCUT2D eigenvalue weighted by atomic mass is 35.5. The second-order valence-corrected chi connectivity index (χ2v) is 9.47. The van der Waals surface area contributed by atoms with Gasteiger partial charge in [0.1, 0.15) is 17.9 Å². The molecular formula is C24H24ClFN8. The summed E-state index contributed by atoms with van der Waals surface area (Å²) in [5.74, 6) is -0.235. The standard InChI is InChI=1S/C24H24ClFN8/c1-24(2,3)13-29-20-15(11-27)12-28-22-18(20)9-17(10-19(22)25)30-21(23-31-32-33-34(23)4)14-5-7-16(26)8-6-14/h5-10,12,21,30H,13H2,1-4H3,(H,28,29)/i21D. The lowest BCUT2D eigenvalue weighted by Gasteiger charge is -2.22. The maximum absolute atomic E-state index is 13.6. The molecule has 0 saturated carbocycles. The van der Waals surface area contributed by atoms with Crippen molar-refractivity contribution < 1.29 is 5.76 Å². The average molecular weight is 480 g/mol. The molecule has 0 saturated heterocycles. The summed E-state index contributed by atoms with van der Waals surface area (Å²) in [5, 5.41) is 28.7. The molecule has 4 rings (SSSR count). The first kappa shape index (κ1) is 22.0. The van der Waals surface area contributed by atoms with Crippen molar-refractivity contribution in [3.63, 3.8) is 0 Å². The van der Waals surface area contributed by atoms with Crippen LogP contribution in [-0.4, -0.2) is 31.7 Å². The zero-order valence-corrected chi connectivity index (χ0v) is 19.9. The van der Waals surface area contributed by atoms with Gasteiger partial charge in [0, 0.05) is 30.9 Å². The number of nitrogens with zero attached hydrogens (tertiary/aromatic N) is 6. The van der Waals surface area contributed by atoms with Crippen LogP contribution in [0, 0.1) is 22.6 Å². The lowest BCUT2D eigenvalue weighted by Crippen LogP contribution is -2.20. The molecule has 2 aromatic heterocycles. The normalized spacial score (nSPS) is 13.7. The van der Waals surface area contributed by atoms with E-state index < -0.39 is 11.8 Å². The molecule has 0 aliphatic carbocycles. The maximum Gasteiger partial charge on any atom is 0.177 e. The molecule has 10 heteroatoms. The molecule has 4 aromatic rings. The van der Waals surface area contributed by atoms with E-state index in [4.69, 9.17) is 11.6 Å². The number of aromatic nitrogens is 5. The first-order valence-corrected chi connectivity index (χ1v) is 10.9. The Labute approximate surface area is 203 Å². The lowest BCUT2D eigenvalue weighted by atomic mass is 9.96. The first-order valence-electron chi connectivity index (χ1n) is 11.0. The van der Waals surface area contributed by atoms with Gasteiger partial charge in [-0.05, 0) is 45.7 Å². The van der Waals surface area contributed by atoms with Gasteiger partial charge >= 0.3 is 0 Å². The predicted molar refractivity (Wildman–Crippen MR) is 130 cm³/mol. The van der Waals surface area contributed by atoms with Crippen LogP contribution in [0.1, 0.15) is 45.1 Å². The number of nitriles is 1. The van der Waals surface area contributed by atoms with Crippen LogP contribution in [0.15, 0.2) is 42.6 Å². The van der Waals surface area contributed by atoms with E-state index in [0.717, 1.165) is 0 Å². The van der Waals surface area contributed by atoms with Gasteiger partial charge in [0.05, 0.1) is 23.2 Å². The molecule has 0 aliphatic heterocycles. The molecule has 1 unspecified atom stereocenters. The van der Waals surface area contributed by atoms with Gasteiger partial charge in [-0.15, -0.1) is 5.10 Å². The van der Waals surface area contributed by atoms with Crippen molar-refractivity contribution in [1.29, 1.82) is 5.26 Å². The fourth-order valence-corrected chi connectivity index (χ4v) is 3.69. The summed E-state index contributed by atoms with van der Waals surface area (Å²) in [4.78, 5) is 4.38. The van der Waals surface area contributed by atoms with Crippen molar-refractivity contribution in [2.45, 2.75) is 26.8 Å². The van der Waals surface area contributed by atoms with Gasteiger partial charge in [-0.3, -0.25) is 4.98 Å². The van der Waals surface area contributed by atoms with Gasteiger partial charge in [0.2, 0.25) is 0 Å². The van der Waals surface area contributed by atoms with E-state index in [-0.39, 0.29) is 11.2 Å². The van der Waals surface area contributed by atoms with Gasteiger partial charge in [-0.1, -0.05) is 44.5 Å². The van der Waals surface area contributed by atoms with Crippen LogP contribution in [0.4, 0.5) is 15.8 Å². The molecular weight excluding hydrogens is 455 g/mol. The van der Waals surface area contributed by atoms with E-state index in [1.165, 1.54) is 35.1 Å². The number of pyridine rings is 1. The Balaban J connectivity index is 1.87. The SMILES string of the molecule is [2H]C(Nc1cc(Cl)c2ncc(C#N)c(NCC(C)(C)C)c2c1)(c1ccc(F)cc1)c1nnnn1C. The van der Waals surface area contributed by atoms with Crippen molar-refractivity contribution in [1.82, 2.24) is 25.2 Å². The van der Waals surface area contributed by atoms with E-state index in [1.807, 2.05) is 0 Å². The Morgan fingerprint density at radius 2 is 2.00 bits per heavy atom. The zero-order valence-electron chi connectivity index (χ0n) is 20.2. The predicted octanol–water partition coefficient (Wildman–Crippen LogP) is 5.08. The second-order valence-electron chi connectivity index (χ2n) is 9.06.